The molecule has 162 valence electrons. The van der Waals surface area contributed by atoms with Crippen molar-refractivity contribution in [3.8, 4) is 0 Å². The second kappa shape index (κ2) is 15.5. The molecule has 0 spiro atoms. The molecule has 2 unspecified atom stereocenters. The van der Waals surface area contributed by atoms with Gasteiger partial charge in [-0.15, -0.1) is 0 Å². The summed E-state index contributed by atoms with van der Waals surface area (Å²) in [6.45, 7) is 2.37. The van der Waals surface area contributed by atoms with Crippen molar-refractivity contribution in [2.45, 2.75) is 77.2 Å². The summed E-state index contributed by atoms with van der Waals surface area (Å²) in [6.07, 6.45) is 17.3. The van der Waals surface area contributed by atoms with E-state index >= 15 is 0 Å². The minimum atomic E-state index is -1.49. The highest BCUT2D eigenvalue weighted by Crippen LogP contribution is 2.13. The minimum Gasteiger partial charge on any atom is -0.549 e. The van der Waals surface area contributed by atoms with Gasteiger partial charge in [-0.1, -0.05) is 50.5 Å². The highest BCUT2D eigenvalue weighted by molar-refractivity contribution is 5.98. The quantitative estimate of drug-likeness (QED) is 0.178. The Bertz CT molecular complexity index is 491. The molecule has 2 atom stereocenters. The number of ketones is 1. The summed E-state index contributed by atoms with van der Waals surface area (Å²) in [7, 11) is 5.52. The maximum absolute atomic E-state index is 12.2. The summed E-state index contributed by atoms with van der Waals surface area (Å²) in [5, 5.41) is 21.4. The summed E-state index contributed by atoms with van der Waals surface area (Å²) >= 11 is 0. The molecule has 0 aliphatic rings. The van der Waals surface area contributed by atoms with E-state index in [1.165, 1.54) is 32.1 Å². The number of hydrogen-bond donors (Lipinski definition) is 1. The number of likely N-dealkylation sites (N-methyl/N-ethyl adjacent to an activating group) is 1. The number of quaternary nitrogens is 1. The first-order valence-corrected chi connectivity index (χ1v) is 10.7. The first-order chi connectivity index (χ1) is 13.2. The number of carboxylic acid groups (broad SMARTS) is 1. The molecule has 1 N–H and O–H groups in total. The van der Waals surface area contributed by atoms with Crippen molar-refractivity contribution in [2.75, 3.05) is 27.7 Å². The van der Waals surface area contributed by atoms with Crippen molar-refractivity contribution in [3.63, 3.8) is 0 Å². The van der Waals surface area contributed by atoms with Crippen LogP contribution in [0.2, 0.25) is 0 Å². The number of aliphatic hydroxyl groups is 1. The number of nitrogens with zero attached hydrogens (tertiary/aromatic N) is 1. The van der Waals surface area contributed by atoms with E-state index < -0.39 is 23.8 Å². The molecular weight excluding hydrogens is 354 g/mol. The van der Waals surface area contributed by atoms with E-state index in [1.807, 2.05) is 27.2 Å². The molecule has 28 heavy (non-hydrogen) atoms. The summed E-state index contributed by atoms with van der Waals surface area (Å²) < 4.78 is 0.382. The number of unbranched alkanes of at least 4 members (excludes halogenated alkanes) is 6. The second-order valence-electron chi connectivity index (χ2n) is 8.56. The standard InChI is InChI=1S/C23H41NO4/c1-5-6-7-8-9-10-11-12-13-14-15-16-17-18-20(25)22(23(27)28)21(26)19-24(2,3)4/h7-8,15-16,21-22,26H,5-6,9-14,17-19H2,1-4H3/b8-7+,16-15+. The van der Waals surface area contributed by atoms with Crippen LogP contribution < -0.4 is 5.11 Å². The van der Waals surface area contributed by atoms with Gasteiger partial charge in [0, 0.05) is 6.42 Å². The third-order valence-electron chi connectivity index (χ3n) is 4.56. The molecule has 0 aromatic heterocycles. The predicted octanol–water partition coefficient (Wildman–Crippen LogP) is 3.02. The number of carboxylic acids is 1. The highest BCUT2D eigenvalue weighted by atomic mass is 16.4. The zero-order chi connectivity index (χ0) is 21.4. The zero-order valence-electron chi connectivity index (χ0n) is 18.4. The molecule has 0 fully saturated rings. The van der Waals surface area contributed by atoms with Gasteiger partial charge >= 0.3 is 0 Å². The summed E-state index contributed by atoms with van der Waals surface area (Å²) in [6, 6.07) is 0. The number of carbonyl (C=O) groups is 2. The number of rotatable bonds is 17. The highest BCUT2D eigenvalue weighted by Gasteiger charge is 2.31. The third-order valence-corrected chi connectivity index (χ3v) is 4.56. The number of Topliss-reactive ketones (excluding diaryl/α,β-unsaturated/α-hetero) is 1. The number of aliphatic hydroxyl groups excluding tert-OH is 1. The monoisotopic (exact) mass is 395 g/mol. The number of aliphatic carboxylic acids is 1. The molecule has 0 rings (SSSR count). The van der Waals surface area contributed by atoms with Crippen LogP contribution in [0.1, 0.15) is 71.1 Å². The van der Waals surface area contributed by atoms with Crippen LogP contribution >= 0.6 is 0 Å². The Morgan fingerprint density at radius 1 is 0.893 bits per heavy atom. The van der Waals surface area contributed by atoms with Gasteiger partial charge in [0.1, 0.15) is 18.4 Å². The molecule has 5 heteroatoms. The van der Waals surface area contributed by atoms with Gasteiger partial charge in [-0.05, 0) is 38.5 Å². The number of carbonyl (C=O) groups excluding carboxylic acids is 2. The molecule has 0 aliphatic carbocycles. The first-order valence-electron chi connectivity index (χ1n) is 10.7. The zero-order valence-corrected chi connectivity index (χ0v) is 18.4. The van der Waals surface area contributed by atoms with Crippen molar-refractivity contribution < 1.29 is 24.3 Å². The van der Waals surface area contributed by atoms with Crippen molar-refractivity contribution >= 4 is 11.8 Å². The maximum atomic E-state index is 12.2. The van der Waals surface area contributed by atoms with Crippen LogP contribution in [0, 0.1) is 5.92 Å². The summed E-state index contributed by atoms with van der Waals surface area (Å²) in [4.78, 5) is 23.5. The van der Waals surface area contributed by atoms with E-state index in [4.69, 9.17) is 0 Å². The van der Waals surface area contributed by atoms with E-state index in [0.717, 1.165) is 19.3 Å². The molecule has 0 saturated heterocycles. The Hall–Kier alpha value is -1.46. The SMILES string of the molecule is CCC/C=C/CCCCCC/C=C/CCC(=O)C(C(=O)[O-])C(O)C[N+](C)(C)C. The van der Waals surface area contributed by atoms with Crippen molar-refractivity contribution in [1.29, 1.82) is 0 Å². The van der Waals surface area contributed by atoms with Gasteiger partial charge in [0.15, 0.2) is 0 Å². The topological polar surface area (TPSA) is 77.4 Å². The first kappa shape index (κ1) is 26.5. The van der Waals surface area contributed by atoms with Gasteiger partial charge in [0.05, 0.1) is 33.0 Å². The Balaban J connectivity index is 3.97. The summed E-state index contributed by atoms with van der Waals surface area (Å²) in [5.41, 5.74) is 0. The van der Waals surface area contributed by atoms with Crippen LogP contribution in [0.4, 0.5) is 0 Å². The Morgan fingerprint density at radius 2 is 1.39 bits per heavy atom. The average Bonchev–Trinajstić information content (AvgIpc) is 2.57. The van der Waals surface area contributed by atoms with Crippen molar-refractivity contribution in [1.82, 2.24) is 0 Å². The number of allylic oxidation sites excluding steroid dienone is 4. The van der Waals surface area contributed by atoms with Crippen molar-refractivity contribution in [2.24, 2.45) is 5.92 Å². The molecule has 0 radical (unpaired) electrons. The fourth-order valence-corrected chi connectivity index (χ4v) is 3.07. The summed E-state index contributed by atoms with van der Waals surface area (Å²) in [5.74, 6) is -3.39. The molecule has 0 heterocycles. The molecule has 0 amide bonds. The molecule has 0 saturated carbocycles. The molecule has 0 aliphatic heterocycles. The van der Waals surface area contributed by atoms with Crippen LogP contribution in [0.15, 0.2) is 24.3 Å². The fourth-order valence-electron chi connectivity index (χ4n) is 3.07. The maximum Gasteiger partial charge on any atom is 0.144 e. The smallest absolute Gasteiger partial charge is 0.144 e. The lowest BCUT2D eigenvalue weighted by atomic mass is 9.93. The molecule has 5 nitrogen and oxygen atoms in total. The van der Waals surface area contributed by atoms with Gasteiger partial charge in [0.2, 0.25) is 0 Å². The van der Waals surface area contributed by atoms with Crippen LogP contribution in [0.3, 0.4) is 0 Å². The van der Waals surface area contributed by atoms with Crippen LogP contribution in [-0.2, 0) is 9.59 Å². The Labute approximate surface area is 171 Å². The van der Waals surface area contributed by atoms with E-state index in [-0.39, 0.29) is 13.0 Å². The lowest BCUT2D eigenvalue weighted by Crippen LogP contribution is -2.51. The second-order valence-corrected chi connectivity index (χ2v) is 8.56. The Morgan fingerprint density at radius 3 is 1.86 bits per heavy atom. The van der Waals surface area contributed by atoms with Gasteiger partial charge in [0.25, 0.3) is 0 Å². The Kier molecular flexibility index (Phi) is 14.7. The van der Waals surface area contributed by atoms with Crippen molar-refractivity contribution in [3.05, 3.63) is 24.3 Å². The van der Waals surface area contributed by atoms with E-state index in [0.29, 0.717) is 10.9 Å². The van der Waals surface area contributed by atoms with Gasteiger partial charge < -0.3 is 19.5 Å². The molecule has 0 bridgehead atoms. The molecular formula is C23H41NO4. The lowest BCUT2D eigenvalue weighted by Gasteiger charge is -2.30. The average molecular weight is 396 g/mol. The van der Waals surface area contributed by atoms with E-state index in [1.54, 1.807) is 0 Å². The third kappa shape index (κ3) is 14.6. The van der Waals surface area contributed by atoms with Crippen LogP contribution in [-0.4, -0.2) is 55.1 Å². The van der Waals surface area contributed by atoms with E-state index in [2.05, 4.69) is 25.2 Å². The number of hydrogen-bond acceptors (Lipinski definition) is 4. The normalized spacial score (nSPS) is 14.6. The molecule has 0 aromatic carbocycles. The minimum absolute atomic E-state index is 0.118. The van der Waals surface area contributed by atoms with Gasteiger partial charge in [-0.3, -0.25) is 4.79 Å². The van der Waals surface area contributed by atoms with Crippen LogP contribution in [0.5, 0.6) is 0 Å². The van der Waals surface area contributed by atoms with Gasteiger partial charge in [-0.2, -0.15) is 0 Å². The van der Waals surface area contributed by atoms with Crippen LogP contribution in [0.25, 0.3) is 0 Å². The fraction of sp³-hybridized carbons (Fsp3) is 0.739. The largest absolute Gasteiger partial charge is 0.549 e. The van der Waals surface area contributed by atoms with Gasteiger partial charge in [-0.25, -0.2) is 0 Å². The predicted molar refractivity (Wildman–Crippen MR) is 113 cm³/mol. The molecule has 0 aromatic rings. The lowest BCUT2D eigenvalue weighted by molar-refractivity contribution is -0.873. The van der Waals surface area contributed by atoms with E-state index in [9.17, 15) is 19.8 Å².